The number of aromatic nitrogens is 2. The van der Waals surface area contributed by atoms with E-state index in [1.165, 1.54) is 6.07 Å². The van der Waals surface area contributed by atoms with Crippen molar-refractivity contribution in [1.29, 1.82) is 0 Å². The smallest absolute Gasteiger partial charge is 0.369 e. The van der Waals surface area contributed by atoms with Gasteiger partial charge in [-0.15, -0.1) is 0 Å². The van der Waals surface area contributed by atoms with E-state index >= 15 is 0 Å². The summed E-state index contributed by atoms with van der Waals surface area (Å²) in [6.07, 6.45) is 2.07. The molecule has 0 radical (unpaired) electrons. The van der Waals surface area contributed by atoms with Crippen molar-refractivity contribution < 1.29 is 14.3 Å². The molecule has 1 heterocycles. The molecule has 16 heavy (non-hydrogen) atoms. The fourth-order valence-electron chi connectivity index (χ4n) is 0.793. The first-order chi connectivity index (χ1) is 7.52. The van der Waals surface area contributed by atoms with Crippen LogP contribution >= 0.6 is 0 Å². The van der Waals surface area contributed by atoms with E-state index in [0.29, 0.717) is 0 Å². The molecule has 1 aromatic heterocycles. The molecular formula is C8H8N4O4. The first-order valence-corrected chi connectivity index (χ1v) is 4.03. The van der Waals surface area contributed by atoms with E-state index in [9.17, 15) is 14.4 Å². The van der Waals surface area contributed by atoms with E-state index in [-0.39, 0.29) is 5.88 Å². The van der Waals surface area contributed by atoms with Crippen molar-refractivity contribution in [2.45, 2.75) is 0 Å². The molecule has 0 saturated heterocycles. The van der Waals surface area contributed by atoms with Crippen LogP contribution in [0.2, 0.25) is 0 Å². The van der Waals surface area contributed by atoms with E-state index in [4.69, 9.17) is 5.73 Å². The predicted molar refractivity (Wildman–Crippen MR) is 53.3 cm³/mol. The number of ether oxygens (including phenoxy) is 1. The largest absolute Gasteiger partial charge is 0.404 e. The zero-order valence-electron chi connectivity index (χ0n) is 8.04. The lowest BCUT2D eigenvalue weighted by Gasteiger charge is -2.04. The highest BCUT2D eigenvalue weighted by Gasteiger charge is 2.04. The zero-order valence-corrected chi connectivity index (χ0v) is 8.04. The summed E-state index contributed by atoms with van der Waals surface area (Å²) >= 11 is 0. The van der Waals surface area contributed by atoms with Gasteiger partial charge in [-0.1, -0.05) is 6.58 Å². The molecule has 0 atom stereocenters. The van der Waals surface area contributed by atoms with Crippen LogP contribution in [0.25, 0.3) is 0 Å². The lowest BCUT2D eigenvalue weighted by Crippen LogP contribution is -2.37. The summed E-state index contributed by atoms with van der Waals surface area (Å²) in [5, 5.41) is 0. The van der Waals surface area contributed by atoms with E-state index in [2.05, 4.69) is 16.3 Å². The van der Waals surface area contributed by atoms with Crippen LogP contribution in [0.5, 0.6) is 5.88 Å². The van der Waals surface area contributed by atoms with Gasteiger partial charge in [-0.3, -0.25) is 0 Å². The van der Waals surface area contributed by atoms with Crippen LogP contribution in [0.15, 0.2) is 29.7 Å². The lowest BCUT2D eigenvalue weighted by atomic mass is 10.6. The lowest BCUT2D eigenvalue weighted by molar-refractivity contribution is -0.129. The molecule has 0 aliphatic rings. The maximum atomic E-state index is 11.2. The molecule has 0 fully saturated rings. The third-order valence-corrected chi connectivity index (χ3v) is 1.38. The summed E-state index contributed by atoms with van der Waals surface area (Å²) in [6, 6.07) is 0.290. The fraction of sp³-hybridized carbons (Fsp3) is 0. The van der Waals surface area contributed by atoms with Crippen LogP contribution in [0.1, 0.15) is 0 Å². The average molecular weight is 224 g/mol. The third kappa shape index (κ3) is 2.94. The number of hydrogen-bond acceptors (Lipinski definition) is 5. The number of carbonyl (C=O) groups is 2. The summed E-state index contributed by atoms with van der Waals surface area (Å²) in [6.45, 7) is 3.18. The van der Waals surface area contributed by atoms with E-state index in [0.717, 1.165) is 16.9 Å². The van der Waals surface area contributed by atoms with Gasteiger partial charge in [-0.2, -0.15) is 4.98 Å². The number of hydrogen-bond donors (Lipinski definition) is 2. The Labute approximate surface area is 89.3 Å². The molecule has 1 aromatic rings. The topological polar surface area (TPSA) is 116 Å². The van der Waals surface area contributed by atoms with Crippen LogP contribution in [0.4, 0.5) is 4.79 Å². The van der Waals surface area contributed by atoms with Crippen molar-refractivity contribution in [3.63, 3.8) is 0 Å². The number of urea groups is 1. The quantitative estimate of drug-likeness (QED) is 0.502. The minimum absolute atomic E-state index is 0.197. The van der Waals surface area contributed by atoms with Crippen LogP contribution in [0.3, 0.4) is 0 Å². The number of amides is 2. The maximum absolute atomic E-state index is 11.2. The van der Waals surface area contributed by atoms with E-state index < -0.39 is 17.7 Å². The van der Waals surface area contributed by atoms with Gasteiger partial charge < -0.3 is 10.5 Å². The highest BCUT2D eigenvalue weighted by atomic mass is 16.5. The zero-order chi connectivity index (χ0) is 12.1. The first-order valence-electron chi connectivity index (χ1n) is 4.03. The van der Waals surface area contributed by atoms with Crippen molar-refractivity contribution in [1.82, 2.24) is 9.66 Å². The Morgan fingerprint density at radius 3 is 2.81 bits per heavy atom. The molecule has 0 bridgehead atoms. The van der Waals surface area contributed by atoms with Gasteiger partial charge in [0, 0.05) is 18.3 Å². The number of nitrogens with one attached hydrogen (secondary N) is 1. The molecule has 0 unspecified atom stereocenters. The number of rotatable bonds is 3. The SMILES string of the molecule is C=CC(=O)Oc1ccn(NC(N)=O)c(=O)n1. The molecule has 0 aliphatic carbocycles. The van der Waals surface area contributed by atoms with Crippen molar-refractivity contribution in [3.8, 4) is 5.88 Å². The van der Waals surface area contributed by atoms with Gasteiger partial charge in [0.25, 0.3) is 0 Å². The monoisotopic (exact) mass is 224 g/mol. The molecule has 0 saturated carbocycles. The Morgan fingerprint density at radius 1 is 1.62 bits per heavy atom. The number of nitrogens with zero attached hydrogens (tertiary/aromatic N) is 2. The second-order valence-corrected chi connectivity index (χ2v) is 2.52. The molecular weight excluding hydrogens is 216 g/mol. The normalized spacial score (nSPS) is 9.25. The van der Waals surface area contributed by atoms with Gasteiger partial charge in [-0.25, -0.2) is 24.5 Å². The summed E-state index contributed by atoms with van der Waals surface area (Å²) in [5.74, 6) is -0.940. The van der Waals surface area contributed by atoms with Crippen molar-refractivity contribution >= 4 is 12.0 Å². The third-order valence-electron chi connectivity index (χ3n) is 1.38. The average Bonchev–Trinajstić information content (AvgIpc) is 2.21. The Morgan fingerprint density at radius 2 is 2.31 bits per heavy atom. The highest BCUT2D eigenvalue weighted by Crippen LogP contribution is 2.00. The molecule has 3 N–H and O–H groups in total. The Hall–Kier alpha value is -2.64. The molecule has 84 valence electrons. The molecule has 8 nitrogen and oxygen atoms in total. The summed E-state index contributed by atoms with van der Waals surface area (Å²) in [4.78, 5) is 35.8. The van der Waals surface area contributed by atoms with E-state index in [1.54, 1.807) is 0 Å². The van der Waals surface area contributed by atoms with Crippen molar-refractivity contribution in [2.24, 2.45) is 5.73 Å². The Bertz CT molecular complexity index is 493. The number of nitrogens with two attached hydrogens (primary N) is 1. The van der Waals surface area contributed by atoms with Crippen LogP contribution in [-0.4, -0.2) is 21.7 Å². The molecule has 1 rings (SSSR count). The summed E-state index contributed by atoms with van der Waals surface area (Å²) in [5.41, 5.74) is 5.95. The van der Waals surface area contributed by atoms with Crippen molar-refractivity contribution in [3.05, 3.63) is 35.4 Å². The molecule has 8 heteroatoms. The minimum Gasteiger partial charge on any atom is -0.404 e. The fourth-order valence-corrected chi connectivity index (χ4v) is 0.793. The number of carbonyl (C=O) groups excluding carboxylic acids is 2. The Kier molecular flexibility index (Phi) is 3.38. The standard InChI is InChI=1S/C8H8N4O4/c1-2-6(13)16-5-3-4-12(8(15)10-5)11-7(9)14/h2-4H,1H2,(H3,9,11,14). The minimum atomic E-state index is -0.917. The molecule has 2 amide bonds. The van der Waals surface area contributed by atoms with Gasteiger partial charge >= 0.3 is 17.7 Å². The van der Waals surface area contributed by atoms with Gasteiger partial charge in [0.05, 0.1) is 0 Å². The first kappa shape index (κ1) is 11.4. The van der Waals surface area contributed by atoms with Crippen LogP contribution < -0.4 is 21.6 Å². The van der Waals surface area contributed by atoms with Crippen LogP contribution in [-0.2, 0) is 4.79 Å². The van der Waals surface area contributed by atoms with Crippen LogP contribution in [0, 0.1) is 0 Å². The predicted octanol–water partition coefficient (Wildman–Crippen LogP) is -1.04. The van der Waals surface area contributed by atoms with Crippen molar-refractivity contribution in [2.75, 3.05) is 5.43 Å². The summed E-state index contributed by atoms with van der Waals surface area (Å²) < 4.78 is 5.32. The van der Waals surface area contributed by atoms with Gasteiger partial charge in [0.1, 0.15) is 0 Å². The highest BCUT2D eigenvalue weighted by molar-refractivity contribution is 5.83. The summed E-state index contributed by atoms with van der Waals surface area (Å²) in [7, 11) is 0. The second-order valence-electron chi connectivity index (χ2n) is 2.52. The van der Waals surface area contributed by atoms with E-state index in [1.807, 2.05) is 5.43 Å². The molecule has 0 spiro atoms. The van der Waals surface area contributed by atoms with Gasteiger partial charge in [0.2, 0.25) is 5.88 Å². The molecule has 0 aliphatic heterocycles. The van der Waals surface area contributed by atoms with Gasteiger partial charge in [-0.05, 0) is 0 Å². The molecule has 0 aromatic carbocycles. The maximum Gasteiger partial charge on any atom is 0.369 e. The Balaban J connectivity index is 2.91. The van der Waals surface area contributed by atoms with Gasteiger partial charge in [0.15, 0.2) is 0 Å². The number of esters is 1. The second kappa shape index (κ2) is 4.73. The number of primary amides is 1.